The molecule has 1 aromatic rings. The van der Waals surface area contributed by atoms with Gasteiger partial charge in [-0.15, -0.1) is 0 Å². The van der Waals surface area contributed by atoms with E-state index < -0.39 is 10.8 Å². The Balaban J connectivity index is 2.98. The SMILES string of the molecule is CCN(CC(=O)N(C)C)C(=O)c1ccc([N+](=O)[O-])c(Cl)c1. The van der Waals surface area contributed by atoms with Crippen LogP contribution in [0.3, 0.4) is 0 Å². The molecule has 0 spiro atoms. The van der Waals surface area contributed by atoms with Gasteiger partial charge in [0.15, 0.2) is 0 Å². The van der Waals surface area contributed by atoms with Crippen molar-refractivity contribution >= 4 is 29.1 Å². The molecule has 0 aliphatic carbocycles. The normalized spacial score (nSPS) is 10.1. The molecule has 0 N–H and O–H groups in total. The number of nitrogens with zero attached hydrogens (tertiary/aromatic N) is 3. The summed E-state index contributed by atoms with van der Waals surface area (Å²) in [4.78, 5) is 36.8. The average molecular weight is 314 g/mol. The maximum absolute atomic E-state index is 12.3. The van der Waals surface area contributed by atoms with Crippen LogP contribution in [0.15, 0.2) is 18.2 Å². The van der Waals surface area contributed by atoms with Crippen molar-refractivity contribution in [1.82, 2.24) is 9.80 Å². The highest BCUT2D eigenvalue weighted by molar-refractivity contribution is 6.33. The molecule has 7 nitrogen and oxygen atoms in total. The predicted molar refractivity (Wildman–Crippen MR) is 78.4 cm³/mol. The number of hydrogen-bond acceptors (Lipinski definition) is 4. The van der Waals surface area contributed by atoms with Gasteiger partial charge in [-0.25, -0.2) is 0 Å². The van der Waals surface area contributed by atoms with Gasteiger partial charge in [0.05, 0.1) is 11.5 Å². The minimum Gasteiger partial charge on any atom is -0.347 e. The second-order valence-electron chi connectivity index (χ2n) is 4.53. The summed E-state index contributed by atoms with van der Waals surface area (Å²) in [5, 5.41) is 10.6. The van der Waals surface area contributed by atoms with Crippen LogP contribution in [0.1, 0.15) is 17.3 Å². The van der Waals surface area contributed by atoms with Crippen molar-refractivity contribution in [2.45, 2.75) is 6.92 Å². The first kappa shape index (κ1) is 16.9. The van der Waals surface area contributed by atoms with Crippen LogP contribution in [0.4, 0.5) is 5.69 Å². The Bertz CT molecular complexity index is 575. The van der Waals surface area contributed by atoms with Crippen molar-refractivity contribution in [3.05, 3.63) is 38.9 Å². The molecule has 0 aliphatic heterocycles. The van der Waals surface area contributed by atoms with E-state index in [9.17, 15) is 19.7 Å². The minimum atomic E-state index is -0.621. The largest absolute Gasteiger partial charge is 0.347 e. The Morgan fingerprint density at radius 2 is 1.95 bits per heavy atom. The Labute approximate surface area is 127 Å². The topological polar surface area (TPSA) is 83.8 Å². The van der Waals surface area contributed by atoms with Crippen LogP contribution in [0.25, 0.3) is 0 Å². The van der Waals surface area contributed by atoms with E-state index in [4.69, 9.17) is 11.6 Å². The van der Waals surface area contributed by atoms with E-state index in [1.807, 2.05) is 0 Å². The quantitative estimate of drug-likeness (QED) is 0.613. The van der Waals surface area contributed by atoms with E-state index in [0.717, 1.165) is 0 Å². The molecule has 0 aromatic heterocycles. The summed E-state index contributed by atoms with van der Waals surface area (Å²) in [6.07, 6.45) is 0. The van der Waals surface area contributed by atoms with Crippen LogP contribution in [0.2, 0.25) is 5.02 Å². The van der Waals surface area contributed by atoms with Crippen molar-refractivity contribution < 1.29 is 14.5 Å². The fraction of sp³-hybridized carbons (Fsp3) is 0.385. The number of carbonyl (C=O) groups excluding carboxylic acids is 2. The van der Waals surface area contributed by atoms with Gasteiger partial charge in [0.2, 0.25) is 5.91 Å². The molecule has 1 rings (SSSR count). The molecule has 114 valence electrons. The molecule has 0 radical (unpaired) electrons. The van der Waals surface area contributed by atoms with Crippen molar-refractivity contribution in [3.8, 4) is 0 Å². The van der Waals surface area contributed by atoms with E-state index in [1.54, 1.807) is 21.0 Å². The molecule has 21 heavy (non-hydrogen) atoms. The highest BCUT2D eigenvalue weighted by Crippen LogP contribution is 2.25. The first-order valence-electron chi connectivity index (χ1n) is 6.21. The van der Waals surface area contributed by atoms with Crippen LogP contribution in [0.5, 0.6) is 0 Å². The molecule has 0 fully saturated rings. The lowest BCUT2D eigenvalue weighted by molar-refractivity contribution is -0.384. The van der Waals surface area contributed by atoms with E-state index in [0.29, 0.717) is 6.54 Å². The van der Waals surface area contributed by atoms with E-state index >= 15 is 0 Å². The van der Waals surface area contributed by atoms with Gasteiger partial charge in [-0.3, -0.25) is 19.7 Å². The molecular weight excluding hydrogens is 298 g/mol. The molecule has 0 atom stereocenters. The lowest BCUT2D eigenvalue weighted by atomic mass is 10.1. The van der Waals surface area contributed by atoms with Gasteiger partial charge in [-0.2, -0.15) is 0 Å². The molecule has 0 bridgehead atoms. The molecule has 1 aromatic carbocycles. The smallest absolute Gasteiger partial charge is 0.287 e. The van der Waals surface area contributed by atoms with Gasteiger partial charge < -0.3 is 9.80 Å². The molecule has 2 amide bonds. The van der Waals surface area contributed by atoms with E-state index in [2.05, 4.69) is 0 Å². The van der Waals surface area contributed by atoms with Gasteiger partial charge in [0.1, 0.15) is 5.02 Å². The van der Waals surface area contributed by atoms with Crippen molar-refractivity contribution in [2.24, 2.45) is 0 Å². The third-order valence-corrected chi connectivity index (χ3v) is 3.19. The number of halogens is 1. The number of amides is 2. The molecule has 0 unspecified atom stereocenters. The van der Waals surface area contributed by atoms with Gasteiger partial charge >= 0.3 is 0 Å². The van der Waals surface area contributed by atoms with Crippen molar-refractivity contribution in [1.29, 1.82) is 0 Å². The Hall–Kier alpha value is -2.15. The molecule has 0 saturated carbocycles. The maximum Gasteiger partial charge on any atom is 0.287 e. The summed E-state index contributed by atoms with van der Waals surface area (Å²) in [7, 11) is 3.20. The van der Waals surface area contributed by atoms with Crippen LogP contribution < -0.4 is 0 Å². The number of hydrogen-bond donors (Lipinski definition) is 0. The number of rotatable bonds is 5. The first-order valence-corrected chi connectivity index (χ1v) is 6.59. The zero-order chi connectivity index (χ0) is 16.2. The maximum atomic E-state index is 12.3. The zero-order valence-electron chi connectivity index (χ0n) is 12.0. The van der Waals surface area contributed by atoms with Crippen LogP contribution in [-0.4, -0.2) is 53.7 Å². The average Bonchev–Trinajstić information content (AvgIpc) is 2.42. The van der Waals surface area contributed by atoms with Crippen molar-refractivity contribution in [2.75, 3.05) is 27.2 Å². The number of nitro benzene ring substituents is 1. The summed E-state index contributed by atoms with van der Waals surface area (Å²) in [5.74, 6) is -0.609. The van der Waals surface area contributed by atoms with Gasteiger partial charge in [0.25, 0.3) is 11.6 Å². The summed E-state index contributed by atoms with van der Waals surface area (Å²) < 4.78 is 0. The molecular formula is C13H16ClN3O4. The number of likely N-dealkylation sites (N-methyl/N-ethyl adjacent to an activating group) is 2. The summed E-state index contributed by atoms with van der Waals surface area (Å²) in [6, 6.07) is 3.75. The van der Waals surface area contributed by atoms with Crippen LogP contribution in [-0.2, 0) is 4.79 Å². The molecule has 0 aliphatic rings. The highest BCUT2D eigenvalue weighted by atomic mass is 35.5. The molecule has 0 saturated heterocycles. The summed E-state index contributed by atoms with van der Waals surface area (Å²) in [6.45, 7) is 2.03. The Morgan fingerprint density at radius 3 is 2.38 bits per heavy atom. The van der Waals surface area contributed by atoms with Gasteiger partial charge in [0, 0.05) is 32.3 Å². The lowest BCUT2D eigenvalue weighted by Crippen LogP contribution is -2.40. The van der Waals surface area contributed by atoms with Gasteiger partial charge in [-0.05, 0) is 19.1 Å². The number of carbonyl (C=O) groups is 2. The monoisotopic (exact) mass is 313 g/mol. The Kier molecular flexibility index (Phi) is 5.66. The summed E-state index contributed by atoms with van der Waals surface area (Å²) in [5.41, 5.74) is -0.0559. The second-order valence-corrected chi connectivity index (χ2v) is 4.94. The lowest BCUT2D eigenvalue weighted by Gasteiger charge is -2.22. The molecule has 0 heterocycles. The van der Waals surface area contributed by atoms with E-state index in [-0.39, 0.29) is 28.7 Å². The standard InChI is InChI=1S/C13H16ClN3O4/c1-4-16(8-12(18)15(2)3)13(19)9-5-6-11(17(20)21)10(14)7-9/h5-7H,4,8H2,1-3H3. The fourth-order valence-corrected chi connectivity index (χ4v) is 1.85. The van der Waals surface area contributed by atoms with Crippen LogP contribution >= 0.6 is 11.6 Å². The fourth-order valence-electron chi connectivity index (χ4n) is 1.60. The first-order chi connectivity index (χ1) is 9.77. The van der Waals surface area contributed by atoms with E-state index in [1.165, 1.54) is 28.0 Å². The van der Waals surface area contributed by atoms with Crippen LogP contribution in [0, 0.1) is 10.1 Å². The number of benzene rings is 1. The minimum absolute atomic E-state index is 0.0586. The van der Waals surface area contributed by atoms with Crippen molar-refractivity contribution in [3.63, 3.8) is 0 Å². The molecule has 8 heteroatoms. The highest BCUT2D eigenvalue weighted by Gasteiger charge is 2.21. The third kappa shape index (κ3) is 4.16. The second kappa shape index (κ2) is 7.03. The number of nitro groups is 1. The zero-order valence-corrected chi connectivity index (χ0v) is 12.8. The Morgan fingerprint density at radius 1 is 1.33 bits per heavy atom. The predicted octanol–water partition coefficient (Wildman–Crippen LogP) is 1.80. The third-order valence-electron chi connectivity index (χ3n) is 2.89. The summed E-state index contributed by atoms with van der Waals surface area (Å²) >= 11 is 5.78. The van der Waals surface area contributed by atoms with Gasteiger partial charge in [-0.1, -0.05) is 11.6 Å².